The molecule has 28 heavy (non-hydrogen) atoms. The number of hydrogen-bond donors (Lipinski definition) is 1. The number of hydrogen-bond acceptors (Lipinski definition) is 5. The fourth-order valence-electron chi connectivity index (χ4n) is 3.56. The second-order valence-corrected chi connectivity index (χ2v) is 10.7. The van der Waals surface area contributed by atoms with Gasteiger partial charge in [0, 0.05) is 6.04 Å². The Morgan fingerprint density at radius 3 is 2.14 bits per heavy atom. The lowest BCUT2D eigenvalue weighted by Crippen LogP contribution is -2.49. The molecule has 2 aromatic carbocycles. The molecule has 1 heterocycles. The van der Waals surface area contributed by atoms with Crippen LogP contribution >= 0.6 is 0 Å². The zero-order valence-electron chi connectivity index (χ0n) is 15.9. The minimum Gasteiger partial charge on any atom is -0.317 e. The molecule has 1 saturated heterocycles. The molecule has 1 aliphatic rings. The van der Waals surface area contributed by atoms with Gasteiger partial charge in [-0.1, -0.05) is 53.5 Å². The van der Waals surface area contributed by atoms with Gasteiger partial charge in [0.25, 0.3) is 20.0 Å². The smallest absolute Gasteiger partial charge is 0.256 e. The minimum absolute atomic E-state index is 0.00918. The van der Waals surface area contributed by atoms with E-state index in [1.54, 1.807) is 36.4 Å². The van der Waals surface area contributed by atoms with Gasteiger partial charge >= 0.3 is 0 Å². The van der Waals surface area contributed by atoms with Gasteiger partial charge in [0.15, 0.2) is 0 Å². The highest BCUT2D eigenvalue weighted by atomic mass is 32.3. The molecule has 152 valence electrons. The van der Waals surface area contributed by atoms with Gasteiger partial charge in [-0.25, -0.2) is 16.8 Å². The summed E-state index contributed by atoms with van der Waals surface area (Å²) in [5.41, 5.74) is 0.646. The molecular formula is C20H26N2O4S2. The highest BCUT2D eigenvalue weighted by molar-refractivity contribution is 8.04. The molecule has 3 rings (SSSR count). The number of piperidine rings is 1. The fourth-order valence-corrected chi connectivity index (χ4v) is 7.96. The lowest BCUT2D eigenvalue weighted by molar-refractivity contribution is 0.340. The van der Waals surface area contributed by atoms with Crippen LogP contribution in [0.3, 0.4) is 0 Å². The summed E-state index contributed by atoms with van der Waals surface area (Å²) in [4.78, 5) is 0.0694. The van der Waals surface area contributed by atoms with Crippen LogP contribution in [0.15, 0.2) is 64.4 Å². The highest BCUT2D eigenvalue weighted by Gasteiger charge is 2.43. The molecule has 0 spiro atoms. The van der Waals surface area contributed by atoms with E-state index in [4.69, 9.17) is 0 Å². The molecule has 2 aromatic rings. The van der Waals surface area contributed by atoms with Crippen molar-refractivity contribution in [1.29, 1.82) is 0 Å². The standard InChI is InChI=1S/C20H26N2O4S2/c1-2-8-17-9-6-7-12-20(17)28(25,26)22(18-13-15-21-16-14-18)27(23,24)19-10-4-3-5-11-19/h3-7,9-12,18,21H,2,8,13-16H2,1H3. The Hall–Kier alpha value is -1.74. The average molecular weight is 423 g/mol. The van der Waals surface area contributed by atoms with Gasteiger partial charge in [0.05, 0.1) is 9.79 Å². The van der Waals surface area contributed by atoms with Crippen LogP contribution in [-0.2, 0) is 26.5 Å². The Morgan fingerprint density at radius 1 is 0.893 bits per heavy atom. The van der Waals surface area contributed by atoms with Crippen molar-refractivity contribution < 1.29 is 16.8 Å². The van der Waals surface area contributed by atoms with Gasteiger partial charge in [0.1, 0.15) is 0 Å². The maximum atomic E-state index is 13.7. The number of rotatable bonds is 7. The number of aryl methyl sites for hydroxylation is 1. The van der Waals surface area contributed by atoms with E-state index in [0.717, 1.165) is 10.1 Å². The molecule has 0 amide bonds. The molecule has 0 bridgehead atoms. The van der Waals surface area contributed by atoms with Gasteiger partial charge < -0.3 is 5.32 Å². The number of benzene rings is 2. The number of nitrogens with one attached hydrogen (secondary N) is 1. The molecule has 0 atom stereocenters. The summed E-state index contributed by atoms with van der Waals surface area (Å²) in [6.07, 6.45) is 2.23. The summed E-state index contributed by atoms with van der Waals surface area (Å²) in [5, 5.41) is 3.17. The summed E-state index contributed by atoms with van der Waals surface area (Å²) in [5.74, 6) is 0. The molecule has 0 saturated carbocycles. The van der Waals surface area contributed by atoms with Crippen molar-refractivity contribution in [3.8, 4) is 0 Å². The highest BCUT2D eigenvalue weighted by Crippen LogP contribution is 2.31. The zero-order chi connectivity index (χ0) is 20.2. The van der Waals surface area contributed by atoms with E-state index >= 15 is 0 Å². The molecule has 1 N–H and O–H groups in total. The average Bonchev–Trinajstić information content (AvgIpc) is 2.70. The van der Waals surface area contributed by atoms with Crippen LogP contribution in [0.1, 0.15) is 31.7 Å². The Morgan fingerprint density at radius 2 is 1.50 bits per heavy atom. The van der Waals surface area contributed by atoms with E-state index < -0.39 is 26.1 Å². The first-order chi connectivity index (χ1) is 13.4. The van der Waals surface area contributed by atoms with Crippen molar-refractivity contribution >= 4 is 20.0 Å². The van der Waals surface area contributed by atoms with Gasteiger partial charge in [-0.3, -0.25) is 0 Å². The van der Waals surface area contributed by atoms with Crippen LogP contribution in [0.25, 0.3) is 0 Å². The van der Waals surface area contributed by atoms with Crippen LogP contribution in [0.4, 0.5) is 0 Å². The number of sulfonamides is 2. The zero-order valence-corrected chi connectivity index (χ0v) is 17.5. The van der Waals surface area contributed by atoms with E-state index in [1.807, 2.05) is 6.92 Å². The Kier molecular flexibility index (Phi) is 6.54. The lowest BCUT2D eigenvalue weighted by atomic mass is 10.1. The molecule has 1 aliphatic heterocycles. The molecular weight excluding hydrogens is 396 g/mol. The van der Waals surface area contributed by atoms with E-state index in [0.29, 0.717) is 37.9 Å². The van der Waals surface area contributed by atoms with Crippen molar-refractivity contribution in [2.75, 3.05) is 13.1 Å². The lowest BCUT2D eigenvalue weighted by Gasteiger charge is -2.33. The van der Waals surface area contributed by atoms with Crippen molar-refractivity contribution in [2.24, 2.45) is 0 Å². The Bertz CT molecular complexity index is 1000. The van der Waals surface area contributed by atoms with E-state index in [2.05, 4.69) is 5.32 Å². The number of nitrogens with zero attached hydrogens (tertiary/aromatic N) is 1. The third kappa shape index (κ3) is 4.15. The van der Waals surface area contributed by atoms with Crippen molar-refractivity contribution in [3.05, 3.63) is 60.2 Å². The van der Waals surface area contributed by atoms with Gasteiger partial charge in [0.2, 0.25) is 0 Å². The molecule has 1 fully saturated rings. The predicted molar refractivity (Wildman–Crippen MR) is 109 cm³/mol. The SMILES string of the molecule is CCCc1ccccc1S(=O)(=O)N(C1CCNCC1)S(=O)(=O)c1ccccc1. The molecule has 0 aliphatic carbocycles. The first-order valence-electron chi connectivity index (χ1n) is 9.52. The summed E-state index contributed by atoms with van der Waals surface area (Å²) < 4.78 is 55.0. The molecule has 0 aromatic heterocycles. The quantitative estimate of drug-likeness (QED) is 0.742. The summed E-state index contributed by atoms with van der Waals surface area (Å²) in [6.45, 7) is 3.13. The molecule has 0 radical (unpaired) electrons. The molecule has 8 heteroatoms. The van der Waals surface area contributed by atoms with Gasteiger partial charge in [-0.05, 0) is 56.1 Å². The largest absolute Gasteiger partial charge is 0.317 e. The fraction of sp³-hybridized carbons (Fsp3) is 0.400. The van der Waals surface area contributed by atoms with Crippen molar-refractivity contribution in [3.63, 3.8) is 0 Å². The normalized spacial score (nSPS) is 16.4. The first kappa shape index (κ1) is 21.0. The topological polar surface area (TPSA) is 83.6 Å². The maximum absolute atomic E-state index is 13.7. The van der Waals surface area contributed by atoms with Crippen molar-refractivity contribution in [2.45, 2.75) is 48.4 Å². The van der Waals surface area contributed by atoms with E-state index in [-0.39, 0.29) is 9.79 Å². The van der Waals surface area contributed by atoms with Crippen LogP contribution in [0.2, 0.25) is 0 Å². The van der Waals surface area contributed by atoms with Crippen LogP contribution in [-0.4, -0.2) is 39.7 Å². The first-order valence-corrected chi connectivity index (χ1v) is 12.4. The van der Waals surface area contributed by atoms with Crippen molar-refractivity contribution in [1.82, 2.24) is 9.03 Å². The van der Waals surface area contributed by atoms with Crippen LogP contribution < -0.4 is 5.32 Å². The second kappa shape index (κ2) is 8.73. The van der Waals surface area contributed by atoms with Gasteiger partial charge in [-0.2, -0.15) is 0 Å². The van der Waals surface area contributed by atoms with Crippen LogP contribution in [0.5, 0.6) is 0 Å². The molecule has 6 nitrogen and oxygen atoms in total. The summed E-state index contributed by atoms with van der Waals surface area (Å²) in [7, 11) is -8.46. The summed E-state index contributed by atoms with van der Waals surface area (Å²) >= 11 is 0. The third-order valence-corrected chi connectivity index (χ3v) is 9.43. The maximum Gasteiger partial charge on any atom is 0.256 e. The Balaban J connectivity index is 2.17. The monoisotopic (exact) mass is 422 g/mol. The molecule has 0 unspecified atom stereocenters. The summed E-state index contributed by atoms with van der Waals surface area (Å²) in [6, 6.07) is 13.9. The second-order valence-electron chi connectivity index (χ2n) is 6.89. The Labute approximate surface area is 167 Å². The van der Waals surface area contributed by atoms with E-state index in [9.17, 15) is 16.8 Å². The van der Waals surface area contributed by atoms with E-state index in [1.165, 1.54) is 18.2 Å². The van der Waals surface area contributed by atoms with Gasteiger partial charge in [-0.15, -0.1) is 0 Å². The van der Waals surface area contributed by atoms with Crippen LogP contribution in [0, 0.1) is 0 Å². The predicted octanol–water partition coefficient (Wildman–Crippen LogP) is 2.77. The minimum atomic E-state index is -4.24. The third-order valence-electron chi connectivity index (χ3n) is 4.89.